The number of nitrogens with one attached hydrogen (secondary N) is 2. The zero-order valence-corrected chi connectivity index (χ0v) is 17.8. The molecule has 8 nitrogen and oxygen atoms in total. The van der Waals surface area contributed by atoms with E-state index in [-0.39, 0.29) is 23.5 Å². The molecule has 1 amide bonds. The van der Waals surface area contributed by atoms with Crippen molar-refractivity contribution in [2.45, 2.75) is 36.6 Å². The normalized spacial score (nSPS) is 14.3. The molecule has 0 heterocycles. The van der Waals surface area contributed by atoms with Crippen LogP contribution in [0.15, 0.2) is 47.4 Å². The van der Waals surface area contributed by atoms with Gasteiger partial charge < -0.3 is 19.5 Å². The molecular weight excluding hydrogens is 408 g/mol. The topological polar surface area (TPSA) is 103 Å². The van der Waals surface area contributed by atoms with Crippen LogP contribution >= 0.6 is 0 Å². The number of methoxy groups -OCH3 is 2. The number of carbonyl (C=O) groups excluding carboxylic acids is 1. The molecule has 3 rings (SSSR count). The molecule has 0 saturated heterocycles. The van der Waals surface area contributed by atoms with Crippen LogP contribution in [0.3, 0.4) is 0 Å². The molecule has 0 aromatic heterocycles. The number of ether oxygens (including phenoxy) is 3. The summed E-state index contributed by atoms with van der Waals surface area (Å²) in [4.78, 5) is 12.4. The van der Waals surface area contributed by atoms with Gasteiger partial charge in [0.15, 0.2) is 6.61 Å². The van der Waals surface area contributed by atoms with Crippen molar-refractivity contribution in [3.05, 3.63) is 42.5 Å². The van der Waals surface area contributed by atoms with Gasteiger partial charge in [-0.05, 0) is 49.2 Å². The van der Waals surface area contributed by atoms with Crippen molar-refractivity contribution in [1.29, 1.82) is 0 Å². The number of carbonyl (C=O) groups is 1. The maximum absolute atomic E-state index is 12.4. The van der Waals surface area contributed by atoms with E-state index >= 15 is 0 Å². The highest BCUT2D eigenvalue weighted by molar-refractivity contribution is 7.89. The van der Waals surface area contributed by atoms with E-state index in [1.807, 2.05) is 0 Å². The molecule has 0 atom stereocenters. The number of hydrogen-bond donors (Lipinski definition) is 2. The summed E-state index contributed by atoms with van der Waals surface area (Å²) in [6.07, 6.45) is 3.83. The van der Waals surface area contributed by atoms with Crippen molar-refractivity contribution in [1.82, 2.24) is 4.72 Å². The highest BCUT2D eigenvalue weighted by Crippen LogP contribution is 2.29. The lowest BCUT2D eigenvalue weighted by Crippen LogP contribution is -2.32. The quantitative estimate of drug-likeness (QED) is 0.629. The van der Waals surface area contributed by atoms with Crippen LogP contribution < -0.4 is 24.2 Å². The predicted molar refractivity (Wildman–Crippen MR) is 113 cm³/mol. The van der Waals surface area contributed by atoms with Gasteiger partial charge in [0.05, 0.1) is 24.8 Å². The van der Waals surface area contributed by atoms with Gasteiger partial charge in [-0.1, -0.05) is 12.8 Å². The molecule has 1 aliphatic carbocycles. The first-order chi connectivity index (χ1) is 14.4. The van der Waals surface area contributed by atoms with Crippen molar-refractivity contribution in [2.75, 3.05) is 26.1 Å². The Morgan fingerprint density at radius 2 is 1.67 bits per heavy atom. The third-order valence-corrected chi connectivity index (χ3v) is 6.40. The highest BCUT2D eigenvalue weighted by Gasteiger charge is 2.22. The SMILES string of the molecule is COc1ccc(NC(=O)COc2ccc(S(=O)(=O)NC3CCCC3)cc2)c(OC)c1. The lowest BCUT2D eigenvalue weighted by Gasteiger charge is -2.13. The molecule has 1 saturated carbocycles. The molecule has 0 unspecified atom stereocenters. The van der Waals surface area contributed by atoms with Gasteiger partial charge in [0.2, 0.25) is 10.0 Å². The monoisotopic (exact) mass is 434 g/mol. The van der Waals surface area contributed by atoms with Crippen LogP contribution in [0.4, 0.5) is 5.69 Å². The Bertz CT molecular complexity index is 969. The van der Waals surface area contributed by atoms with Crippen molar-refractivity contribution in [3.63, 3.8) is 0 Å². The van der Waals surface area contributed by atoms with Crippen molar-refractivity contribution < 1.29 is 27.4 Å². The van der Waals surface area contributed by atoms with Gasteiger partial charge in [-0.15, -0.1) is 0 Å². The minimum Gasteiger partial charge on any atom is -0.497 e. The van der Waals surface area contributed by atoms with E-state index in [0.717, 1.165) is 25.7 Å². The van der Waals surface area contributed by atoms with E-state index in [4.69, 9.17) is 14.2 Å². The van der Waals surface area contributed by atoms with Crippen molar-refractivity contribution >= 4 is 21.6 Å². The number of sulfonamides is 1. The van der Waals surface area contributed by atoms with Crippen LogP contribution in [0.2, 0.25) is 0 Å². The lowest BCUT2D eigenvalue weighted by molar-refractivity contribution is -0.118. The summed E-state index contributed by atoms with van der Waals surface area (Å²) in [5.41, 5.74) is 0.492. The summed E-state index contributed by atoms with van der Waals surface area (Å²) in [7, 11) is -0.513. The van der Waals surface area contributed by atoms with E-state index in [9.17, 15) is 13.2 Å². The molecule has 162 valence electrons. The Labute approximate surface area is 176 Å². The third kappa shape index (κ3) is 5.64. The molecule has 9 heteroatoms. The molecule has 2 aromatic rings. The van der Waals surface area contributed by atoms with E-state index in [2.05, 4.69) is 10.0 Å². The van der Waals surface area contributed by atoms with Gasteiger partial charge >= 0.3 is 0 Å². The Morgan fingerprint density at radius 1 is 1.00 bits per heavy atom. The Balaban J connectivity index is 1.55. The first kappa shape index (κ1) is 21.9. The fraction of sp³-hybridized carbons (Fsp3) is 0.381. The van der Waals surface area contributed by atoms with Crippen molar-refractivity contribution in [2.24, 2.45) is 0 Å². The third-order valence-electron chi connectivity index (χ3n) is 4.86. The van der Waals surface area contributed by atoms with Crippen LogP contribution in [0.1, 0.15) is 25.7 Å². The van der Waals surface area contributed by atoms with E-state index in [0.29, 0.717) is 22.9 Å². The zero-order valence-electron chi connectivity index (χ0n) is 17.0. The van der Waals surface area contributed by atoms with Crippen molar-refractivity contribution in [3.8, 4) is 17.2 Å². The molecule has 0 radical (unpaired) electrons. The van der Waals surface area contributed by atoms with Gasteiger partial charge in [0, 0.05) is 12.1 Å². The molecule has 1 aliphatic rings. The van der Waals surface area contributed by atoms with Gasteiger partial charge in [0.25, 0.3) is 5.91 Å². The molecular formula is C21H26N2O6S. The van der Waals surface area contributed by atoms with E-state index in [1.165, 1.54) is 31.4 Å². The molecule has 30 heavy (non-hydrogen) atoms. The van der Waals surface area contributed by atoms with Crippen LogP contribution in [0, 0.1) is 0 Å². The number of rotatable bonds is 9. The average Bonchev–Trinajstić information content (AvgIpc) is 3.25. The zero-order chi connectivity index (χ0) is 21.6. The Hall–Kier alpha value is -2.78. The van der Waals surface area contributed by atoms with Crippen LogP contribution in [0.5, 0.6) is 17.2 Å². The second-order valence-electron chi connectivity index (χ2n) is 6.98. The summed E-state index contributed by atoms with van der Waals surface area (Å²) in [6, 6.07) is 11.0. The molecule has 2 N–H and O–H groups in total. The van der Waals surface area contributed by atoms with Gasteiger partial charge in [0.1, 0.15) is 17.2 Å². The molecule has 0 spiro atoms. The van der Waals surface area contributed by atoms with Crippen LogP contribution in [-0.2, 0) is 14.8 Å². The van der Waals surface area contributed by atoms with Gasteiger partial charge in [-0.25, -0.2) is 13.1 Å². The molecule has 0 aliphatic heterocycles. The van der Waals surface area contributed by atoms with Gasteiger partial charge in [-0.2, -0.15) is 0 Å². The summed E-state index contributed by atoms with van der Waals surface area (Å²) >= 11 is 0. The predicted octanol–water partition coefficient (Wildman–Crippen LogP) is 2.94. The number of anilines is 1. The molecule has 1 fully saturated rings. The highest BCUT2D eigenvalue weighted by atomic mass is 32.2. The minimum atomic E-state index is -3.55. The maximum atomic E-state index is 12.4. The summed E-state index contributed by atoms with van der Waals surface area (Å²) in [5.74, 6) is 1.09. The van der Waals surface area contributed by atoms with E-state index < -0.39 is 10.0 Å². The van der Waals surface area contributed by atoms with E-state index in [1.54, 1.807) is 25.3 Å². The molecule has 0 bridgehead atoms. The fourth-order valence-corrected chi connectivity index (χ4v) is 4.59. The number of amides is 1. The first-order valence-corrected chi connectivity index (χ1v) is 11.2. The molecule has 2 aromatic carbocycles. The van der Waals surface area contributed by atoms with Crippen LogP contribution in [0.25, 0.3) is 0 Å². The fourth-order valence-electron chi connectivity index (χ4n) is 3.28. The summed E-state index contributed by atoms with van der Waals surface area (Å²) < 4.78 is 43.5. The van der Waals surface area contributed by atoms with Gasteiger partial charge in [-0.3, -0.25) is 4.79 Å². The largest absolute Gasteiger partial charge is 0.497 e. The minimum absolute atomic E-state index is 0.00423. The summed E-state index contributed by atoms with van der Waals surface area (Å²) in [6.45, 7) is -0.235. The maximum Gasteiger partial charge on any atom is 0.262 e. The Kier molecular flexibility index (Phi) is 7.17. The number of hydrogen-bond acceptors (Lipinski definition) is 6. The number of benzene rings is 2. The standard InChI is InChI=1S/C21H26N2O6S/c1-27-17-9-12-19(20(13-17)28-2)22-21(24)14-29-16-7-10-18(11-8-16)30(25,26)23-15-5-3-4-6-15/h7-13,15,23H,3-6,14H2,1-2H3,(H,22,24). The summed E-state index contributed by atoms with van der Waals surface area (Å²) in [5, 5.41) is 2.71. The van der Waals surface area contributed by atoms with Crippen LogP contribution in [-0.4, -0.2) is 41.2 Å². The average molecular weight is 435 g/mol. The second-order valence-corrected chi connectivity index (χ2v) is 8.69. The second kappa shape index (κ2) is 9.82. The lowest BCUT2D eigenvalue weighted by atomic mass is 10.2. The first-order valence-electron chi connectivity index (χ1n) is 9.68. The Morgan fingerprint density at radius 3 is 2.30 bits per heavy atom. The smallest absolute Gasteiger partial charge is 0.262 e.